The smallest absolute Gasteiger partial charge is 0.123 e. The Balaban J connectivity index is 1.68. The number of halogens is 2. The van der Waals surface area contributed by atoms with Crippen LogP contribution in [0.5, 0.6) is 0 Å². The Kier molecular flexibility index (Phi) is 4.77. The third-order valence-corrected chi connectivity index (χ3v) is 3.20. The summed E-state index contributed by atoms with van der Waals surface area (Å²) in [6.45, 7) is 1.07. The van der Waals surface area contributed by atoms with Gasteiger partial charge < -0.3 is 9.47 Å². The van der Waals surface area contributed by atoms with Crippen LogP contribution in [-0.4, -0.2) is 24.7 Å². The zero-order chi connectivity index (χ0) is 12.1. The van der Waals surface area contributed by atoms with Crippen LogP contribution in [-0.2, 0) is 16.1 Å². The van der Waals surface area contributed by atoms with E-state index in [4.69, 9.17) is 21.1 Å². The molecule has 1 saturated heterocycles. The fourth-order valence-corrected chi connectivity index (χ4v) is 2.13. The van der Waals surface area contributed by atoms with Gasteiger partial charge in [0.25, 0.3) is 0 Å². The lowest BCUT2D eigenvalue weighted by molar-refractivity contribution is -0.0132. The molecule has 0 N–H and O–H groups in total. The second kappa shape index (κ2) is 6.34. The molecule has 0 aromatic heterocycles. The summed E-state index contributed by atoms with van der Waals surface area (Å²) < 4.78 is 23.9. The first-order valence-corrected chi connectivity index (χ1v) is 6.35. The summed E-state index contributed by atoms with van der Waals surface area (Å²) in [5.74, 6) is 0.326. The molecule has 2 rings (SSSR count). The maximum atomic E-state index is 12.7. The molecule has 0 bridgehead atoms. The number of rotatable bonds is 5. The quantitative estimate of drug-likeness (QED) is 0.756. The summed E-state index contributed by atoms with van der Waals surface area (Å²) >= 11 is 5.72. The Bertz CT molecular complexity index is 342. The average molecular weight is 259 g/mol. The van der Waals surface area contributed by atoms with Gasteiger partial charge in [-0.2, -0.15) is 0 Å². The monoisotopic (exact) mass is 258 g/mol. The summed E-state index contributed by atoms with van der Waals surface area (Å²) in [5, 5.41) is 0. The minimum absolute atomic E-state index is 0.152. The van der Waals surface area contributed by atoms with Gasteiger partial charge in [-0.05, 0) is 30.5 Å². The second-order valence-electron chi connectivity index (χ2n) is 4.25. The van der Waals surface area contributed by atoms with E-state index in [0.29, 0.717) is 19.1 Å². The van der Waals surface area contributed by atoms with Crippen LogP contribution in [0, 0.1) is 5.82 Å². The van der Waals surface area contributed by atoms with Crippen molar-refractivity contribution < 1.29 is 13.9 Å². The molecule has 0 radical (unpaired) electrons. The Morgan fingerprint density at radius 2 is 1.94 bits per heavy atom. The van der Waals surface area contributed by atoms with Crippen LogP contribution in [0.25, 0.3) is 0 Å². The Labute approximate surface area is 106 Å². The Morgan fingerprint density at radius 3 is 2.59 bits per heavy atom. The van der Waals surface area contributed by atoms with Gasteiger partial charge in [0.1, 0.15) is 5.82 Å². The van der Waals surface area contributed by atoms with E-state index >= 15 is 0 Å². The molecule has 0 aliphatic carbocycles. The van der Waals surface area contributed by atoms with E-state index in [-0.39, 0.29) is 18.0 Å². The molecule has 1 aliphatic heterocycles. The van der Waals surface area contributed by atoms with Crippen molar-refractivity contribution >= 4 is 11.6 Å². The predicted molar refractivity (Wildman–Crippen MR) is 64.7 cm³/mol. The standard InChI is InChI=1S/C13H16ClFO2/c14-7-12-5-6-13(17-12)9-16-8-10-1-3-11(15)4-2-10/h1-4,12-13H,5-9H2. The normalized spacial score (nSPS) is 24.1. The molecule has 0 saturated carbocycles. The number of hydrogen-bond acceptors (Lipinski definition) is 2. The van der Waals surface area contributed by atoms with E-state index in [1.54, 1.807) is 12.1 Å². The second-order valence-corrected chi connectivity index (χ2v) is 4.56. The van der Waals surface area contributed by atoms with Crippen molar-refractivity contribution in [1.29, 1.82) is 0 Å². The maximum Gasteiger partial charge on any atom is 0.123 e. The molecule has 17 heavy (non-hydrogen) atoms. The summed E-state index contributed by atoms with van der Waals surface area (Å²) in [5.41, 5.74) is 0.971. The molecule has 2 nitrogen and oxygen atoms in total. The lowest BCUT2D eigenvalue weighted by Crippen LogP contribution is -2.17. The van der Waals surface area contributed by atoms with Crippen molar-refractivity contribution in [3.63, 3.8) is 0 Å². The molecule has 1 aliphatic rings. The minimum atomic E-state index is -0.224. The van der Waals surface area contributed by atoms with Gasteiger partial charge in [0.15, 0.2) is 0 Å². The SMILES string of the molecule is Fc1ccc(COCC2CCC(CCl)O2)cc1. The molecule has 4 heteroatoms. The lowest BCUT2D eigenvalue weighted by atomic mass is 10.2. The highest BCUT2D eigenvalue weighted by molar-refractivity contribution is 6.18. The van der Waals surface area contributed by atoms with Gasteiger partial charge >= 0.3 is 0 Å². The van der Waals surface area contributed by atoms with Crippen molar-refractivity contribution in [3.8, 4) is 0 Å². The molecule has 2 atom stereocenters. The minimum Gasteiger partial charge on any atom is -0.374 e. The van der Waals surface area contributed by atoms with Crippen molar-refractivity contribution in [2.45, 2.75) is 31.7 Å². The van der Waals surface area contributed by atoms with Crippen molar-refractivity contribution in [1.82, 2.24) is 0 Å². The van der Waals surface area contributed by atoms with Crippen LogP contribution in [0.4, 0.5) is 4.39 Å². The highest BCUT2D eigenvalue weighted by Crippen LogP contribution is 2.21. The third-order valence-electron chi connectivity index (χ3n) is 2.85. The third kappa shape index (κ3) is 3.95. The van der Waals surface area contributed by atoms with Gasteiger partial charge in [-0.25, -0.2) is 4.39 Å². The first kappa shape index (κ1) is 12.8. The van der Waals surface area contributed by atoms with Gasteiger partial charge in [-0.3, -0.25) is 0 Å². The fourth-order valence-electron chi connectivity index (χ4n) is 1.91. The molecule has 0 spiro atoms. The lowest BCUT2D eigenvalue weighted by Gasteiger charge is -2.12. The zero-order valence-corrected chi connectivity index (χ0v) is 10.3. The molecule has 1 fully saturated rings. The number of benzene rings is 1. The highest BCUT2D eigenvalue weighted by Gasteiger charge is 2.24. The van der Waals surface area contributed by atoms with Crippen molar-refractivity contribution in [3.05, 3.63) is 35.6 Å². The van der Waals surface area contributed by atoms with Crippen LogP contribution in [0.3, 0.4) is 0 Å². The van der Waals surface area contributed by atoms with Crippen LogP contribution < -0.4 is 0 Å². The highest BCUT2D eigenvalue weighted by atomic mass is 35.5. The van der Waals surface area contributed by atoms with Crippen LogP contribution in [0.15, 0.2) is 24.3 Å². The van der Waals surface area contributed by atoms with Crippen molar-refractivity contribution in [2.24, 2.45) is 0 Å². The maximum absolute atomic E-state index is 12.7. The summed E-state index contributed by atoms with van der Waals surface area (Å²) in [6, 6.07) is 6.33. The molecular formula is C13H16ClFO2. The van der Waals surface area contributed by atoms with Gasteiger partial charge in [0, 0.05) is 5.88 Å². The molecule has 94 valence electrons. The number of hydrogen-bond donors (Lipinski definition) is 0. The van der Waals surface area contributed by atoms with Gasteiger partial charge in [0.2, 0.25) is 0 Å². The Morgan fingerprint density at radius 1 is 1.24 bits per heavy atom. The first-order valence-electron chi connectivity index (χ1n) is 5.81. The summed E-state index contributed by atoms with van der Waals surface area (Å²) in [7, 11) is 0. The molecule has 0 amide bonds. The van der Waals surface area contributed by atoms with Gasteiger partial charge in [-0.15, -0.1) is 11.6 Å². The van der Waals surface area contributed by atoms with Crippen LogP contribution in [0.2, 0.25) is 0 Å². The first-order chi connectivity index (χ1) is 8.28. The summed E-state index contributed by atoms with van der Waals surface area (Å²) in [4.78, 5) is 0. The molecule has 1 heterocycles. The molecule has 2 unspecified atom stereocenters. The van der Waals surface area contributed by atoms with Crippen LogP contribution >= 0.6 is 11.6 Å². The van der Waals surface area contributed by atoms with E-state index in [0.717, 1.165) is 18.4 Å². The van der Waals surface area contributed by atoms with E-state index in [9.17, 15) is 4.39 Å². The molecular weight excluding hydrogens is 243 g/mol. The van der Waals surface area contributed by atoms with Crippen LogP contribution in [0.1, 0.15) is 18.4 Å². The largest absolute Gasteiger partial charge is 0.374 e. The number of ether oxygens (including phenoxy) is 2. The number of alkyl halides is 1. The van der Waals surface area contributed by atoms with Gasteiger partial charge in [-0.1, -0.05) is 12.1 Å². The zero-order valence-electron chi connectivity index (χ0n) is 9.57. The fraction of sp³-hybridized carbons (Fsp3) is 0.538. The van der Waals surface area contributed by atoms with Crippen molar-refractivity contribution in [2.75, 3.05) is 12.5 Å². The Hall–Kier alpha value is -0.640. The molecule has 1 aromatic rings. The summed E-state index contributed by atoms with van der Waals surface area (Å²) in [6.07, 6.45) is 2.34. The van der Waals surface area contributed by atoms with E-state index in [2.05, 4.69) is 0 Å². The van der Waals surface area contributed by atoms with E-state index < -0.39 is 0 Å². The molecule has 1 aromatic carbocycles. The van der Waals surface area contributed by atoms with Gasteiger partial charge in [0.05, 0.1) is 25.4 Å². The predicted octanol–water partition coefficient (Wildman–Crippen LogP) is 3.13. The van der Waals surface area contributed by atoms with E-state index in [1.165, 1.54) is 12.1 Å². The average Bonchev–Trinajstić information content (AvgIpc) is 2.80. The topological polar surface area (TPSA) is 18.5 Å². The van der Waals surface area contributed by atoms with E-state index in [1.807, 2.05) is 0 Å².